The third-order valence-corrected chi connectivity index (χ3v) is 6.45. The van der Waals surface area contributed by atoms with Crippen molar-refractivity contribution in [1.82, 2.24) is 4.90 Å². The largest absolute Gasteiger partial charge is 0.496 e. The van der Waals surface area contributed by atoms with Gasteiger partial charge in [-0.3, -0.25) is 9.52 Å². The predicted octanol–water partition coefficient (Wildman–Crippen LogP) is 2.83. The number of ether oxygens (including phenoxy) is 2. The Labute approximate surface area is 175 Å². The van der Waals surface area contributed by atoms with Gasteiger partial charge in [0, 0.05) is 13.1 Å². The molecule has 0 atom stereocenters. The molecule has 0 radical (unpaired) electrons. The van der Waals surface area contributed by atoms with E-state index in [4.69, 9.17) is 9.47 Å². The van der Waals surface area contributed by atoms with Gasteiger partial charge in [-0.2, -0.15) is 0 Å². The maximum atomic E-state index is 13.0. The molecular weight excluding hydrogens is 408 g/mol. The number of nitrogens with one attached hydrogen (secondary N) is 1. The maximum absolute atomic E-state index is 13.0. The molecule has 0 aromatic heterocycles. The highest BCUT2D eigenvalue weighted by atomic mass is 32.2. The molecule has 1 fully saturated rings. The Hall–Kier alpha value is -3.07. The molecule has 1 aliphatic heterocycles. The molecule has 1 N–H and O–H groups in total. The monoisotopic (exact) mass is 432 g/mol. The van der Waals surface area contributed by atoms with Crippen LogP contribution in [0.25, 0.3) is 0 Å². The minimum atomic E-state index is -4.02. The summed E-state index contributed by atoms with van der Waals surface area (Å²) in [5, 5.41) is 0. The Kier molecular flexibility index (Phi) is 6.31. The molecule has 160 valence electrons. The van der Waals surface area contributed by atoms with Crippen molar-refractivity contribution in [2.75, 3.05) is 32.0 Å². The molecule has 2 aromatic carbocycles. The average Bonchev–Trinajstić information content (AvgIpc) is 3.28. The fourth-order valence-corrected chi connectivity index (χ4v) is 4.54. The molecule has 0 aliphatic carbocycles. The molecule has 0 spiro atoms. The lowest BCUT2D eigenvalue weighted by atomic mass is 10.1. The van der Waals surface area contributed by atoms with Crippen LogP contribution in [0.4, 0.5) is 5.69 Å². The van der Waals surface area contributed by atoms with Crippen molar-refractivity contribution in [1.29, 1.82) is 0 Å². The summed E-state index contributed by atoms with van der Waals surface area (Å²) >= 11 is 0. The molecule has 30 heavy (non-hydrogen) atoms. The number of benzene rings is 2. The normalized spacial score (nSPS) is 13.8. The summed E-state index contributed by atoms with van der Waals surface area (Å²) in [6.07, 6.45) is 1.84. The zero-order chi connectivity index (χ0) is 21.9. The third kappa shape index (κ3) is 4.25. The standard InChI is InChI=1S/C21H24N2O6S/c1-14-16(21(25)29-3)7-6-8-18(14)22-30(26,27)15-9-10-19(28-2)17(13-15)20(24)23-11-4-5-12-23/h6-10,13,22H,4-5,11-12H2,1-3H3. The molecular formula is C21H24N2O6S. The number of rotatable bonds is 6. The van der Waals surface area contributed by atoms with Gasteiger partial charge in [-0.15, -0.1) is 0 Å². The van der Waals surface area contributed by atoms with E-state index in [9.17, 15) is 18.0 Å². The van der Waals surface area contributed by atoms with E-state index in [1.807, 2.05) is 0 Å². The number of methoxy groups -OCH3 is 2. The molecule has 0 saturated carbocycles. The summed E-state index contributed by atoms with van der Waals surface area (Å²) in [6.45, 7) is 2.90. The molecule has 9 heteroatoms. The second kappa shape index (κ2) is 8.74. The van der Waals surface area contributed by atoms with E-state index in [1.165, 1.54) is 32.4 Å². The van der Waals surface area contributed by atoms with Crippen molar-refractivity contribution in [3.05, 3.63) is 53.1 Å². The second-order valence-electron chi connectivity index (χ2n) is 6.94. The van der Waals surface area contributed by atoms with Gasteiger partial charge in [0.1, 0.15) is 5.75 Å². The fraction of sp³-hybridized carbons (Fsp3) is 0.333. The van der Waals surface area contributed by atoms with Gasteiger partial charge in [-0.05, 0) is 55.7 Å². The van der Waals surface area contributed by atoms with Crippen LogP contribution in [0.5, 0.6) is 5.75 Å². The summed E-state index contributed by atoms with van der Waals surface area (Å²) in [4.78, 5) is 26.3. The van der Waals surface area contributed by atoms with Gasteiger partial charge in [0.2, 0.25) is 0 Å². The molecule has 0 bridgehead atoms. The van der Waals surface area contributed by atoms with E-state index < -0.39 is 16.0 Å². The smallest absolute Gasteiger partial charge is 0.338 e. The van der Waals surface area contributed by atoms with Crippen molar-refractivity contribution in [3.63, 3.8) is 0 Å². The van der Waals surface area contributed by atoms with Crippen LogP contribution < -0.4 is 9.46 Å². The van der Waals surface area contributed by atoms with Gasteiger partial charge < -0.3 is 14.4 Å². The van der Waals surface area contributed by atoms with Crippen LogP contribution in [0.1, 0.15) is 39.1 Å². The third-order valence-electron chi connectivity index (χ3n) is 5.09. The number of esters is 1. The summed E-state index contributed by atoms with van der Waals surface area (Å²) < 4.78 is 38.5. The summed E-state index contributed by atoms with van der Waals surface area (Å²) in [7, 11) is -1.32. The van der Waals surface area contributed by atoms with Crippen LogP contribution in [0, 0.1) is 6.92 Å². The lowest BCUT2D eigenvalue weighted by Gasteiger charge is -2.18. The van der Waals surface area contributed by atoms with Gasteiger partial charge in [-0.1, -0.05) is 6.07 Å². The Bertz CT molecular complexity index is 1070. The van der Waals surface area contributed by atoms with Crippen molar-refractivity contribution in [2.45, 2.75) is 24.7 Å². The van der Waals surface area contributed by atoms with Crippen LogP contribution in [0.2, 0.25) is 0 Å². The lowest BCUT2D eigenvalue weighted by Crippen LogP contribution is -2.28. The molecule has 2 aromatic rings. The number of carbonyl (C=O) groups is 2. The number of carbonyl (C=O) groups excluding carboxylic acids is 2. The zero-order valence-corrected chi connectivity index (χ0v) is 17.9. The molecule has 0 unspecified atom stereocenters. The number of sulfonamides is 1. The molecule has 1 heterocycles. The summed E-state index contributed by atoms with van der Waals surface area (Å²) in [5.74, 6) is -0.503. The molecule has 3 rings (SSSR count). The Balaban J connectivity index is 1.96. The fourth-order valence-electron chi connectivity index (χ4n) is 3.39. The first kappa shape index (κ1) is 21.6. The Morgan fingerprint density at radius 2 is 1.73 bits per heavy atom. The lowest BCUT2D eigenvalue weighted by molar-refractivity contribution is 0.0599. The van der Waals surface area contributed by atoms with Crippen molar-refractivity contribution in [2.24, 2.45) is 0 Å². The van der Waals surface area contributed by atoms with Gasteiger partial charge >= 0.3 is 5.97 Å². The van der Waals surface area contributed by atoms with Gasteiger partial charge in [0.15, 0.2) is 0 Å². The van der Waals surface area contributed by atoms with Crippen LogP contribution in [0.3, 0.4) is 0 Å². The minimum absolute atomic E-state index is 0.0753. The summed E-state index contributed by atoms with van der Waals surface area (Å²) in [5.41, 5.74) is 1.15. The van der Waals surface area contributed by atoms with Crippen LogP contribution >= 0.6 is 0 Å². The van der Waals surface area contributed by atoms with Crippen molar-refractivity contribution < 1.29 is 27.5 Å². The molecule has 1 amide bonds. The highest BCUT2D eigenvalue weighted by Crippen LogP contribution is 2.28. The van der Waals surface area contributed by atoms with Crippen molar-refractivity contribution in [3.8, 4) is 5.75 Å². The number of anilines is 1. The highest BCUT2D eigenvalue weighted by molar-refractivity contribution is 7.92. The van der Waals surface area contributed by atoms with Crippen LogP contribution in [-0.4, -0.2) is 52.5 Å². The predicted molar refractivity (Wildman–Crippen MR) is 111 cm³/mol. The van der Waals surface area contributed by atoms with Gasteiger partial charge in [0.05, 0.1) is 35.9 Å². The van der Waals surface area contributed by atoms with Crippen LogP contribution in [0.15, 0.2) is 41.3 Å². The van der Waals surface area contributed by atoms with E-state index in [0.29, 0.717) is 24.4 Å². The minimum Gasteiger partial charge on any atom is -0.496 e. The van der Waals surface area contributed by atoms with E-state index in [2.05, 4.69) is 4.72 Å². The van der Waals surface area contributed by atoms with Crippen LogP contribution in [-0.2, 0) is 14.8 Å². The quantitative estimate of drug-likeness (QED) is 0.705. The molecule has 8 nitrogen and oxygen atoms in total. The van der Waals surface area contributed by atoms with E-state index >= 15 is 0 Å². The average molecular weight is 432 g/mol. The number of hydrogen-bond donors (Lipinski definition) is 1. The zero-order valence-electron chi connectivity index (χ0n) is 17.1. The van der Waals surface area contributed by atoms with Gasteiger partial charge in [0.25, 0.3) is 15.9 Å². The van der Waals surface area contributed by atoms with Gasteiger partial charge in [-0.25, -0.2) is 13.2 Å². The van der Waals surface area contributed by atoms with E-state index in [-0.39, 0.29) is 27.6 Å². The maximum Gasteiger partial charge on any atom is 0.338 e. The number of hydrogen-bond acceptors (Lipinski definition) is 6. The SMILES string of the molecule is COC(=O)c1cccc(NS(=O)(=O)c2ccc(OC)c(C(=O)N3CCCC3)c2)c1C. The van der Waals surface area contributed by atoms with Crippen molar-refractivity contribution >= 4 is 27.6 Å². The van der Waals surface area contributed by atoms with E-state index in [0.717, 1.165) is 12.8 Å². The van der Waals surface area contributed by atoms with E-state index in [1.54, 1.807) is 30.0 Å². The molecule has 1 aliphatic rings. The topological polar surface area (TPSA) is 102 Å². The second-order valence-corrected chi connectivity index (χ2v) is 8.62. The first-order valence-electron chi connectivity index (χ1n) is 9.46. The summed E-state index contributed by atoms with van der Waals surface area (Å²) in [6, 6.07) is 8.84. The Morgan fingerprint density at radius 3 is 2.37 bits per heavy atom. The first-order chi connectivity index (χ1) is 14.3. The Morgan fingerprint density at radius 1 is 1.03 bits per heavy atom. The number of nitrogens with zero attached hydrogens (tertiary/aromatic N) is 1. The number of likely N-dealkylation sites (tertiary alicyclic amines) is 1. The number of amides is 1. The first-order valence-corrected chi connectivity index (χ1v) is 10.9. The molecule has 1 saturated heterocycles. The highest BCUT2D eigenvalue weighted by Gasteiger charge is 2.26.